The molecule has 4 heteroatoms. The molecule has 1 atom stereocenters. The Hall–Kier alpha value is -1.26. The number of benzene rings is 1. The molecule has 1 rings (SSSR count). The normalized spacial score (nSPS) is 12.2. The molecule has 1 aromatic rings. The first-order valence-corrected chi connectivity index (χ1v) is 5.21. The number of rotatable bonds is 6. The number of methoxy groups -OCH3 is 2. The first-order valence-electron chi connectivity index (χ1n) is 5.21. The number of aliphatic hydroxyl groups excluding tert-OH is 2. The van der Waals surface area contributed by atoms with E-state index >= 15 is 0 Å². The zero-order valence-electron chi connectivity index (χ0n) is 9.64. The van der Waals surface area contributed by atoms with Crippen LogP contribution in [-0.4, -0.2) is 37.1 Å². The molecule has 4 nitrogen and oxygen atoms in total. The summed E-state index contributed by atoms with van der Waals surface area (Å²) in [6, 6.07) is 5.62. The fraction of sp³-hybridized carbons (Fsp3) is 0.500. The van der Waals surface area contributed by atoms with E-state index in [2.05, 4.69) is 0 Å². The molecule has 0 saturated carbocycles. The van der Waals surface area contributed by atoms with Crippen molar-refractivity contribution in [3.8, 4) is 11.5 Å². The Kier molecular flexibility index (Phi) is 5.08. The lowest BCUT2D eigenvalue weighted by Gasteiger charge is -2.13. The molecule has 0 aliphatic rings. The van der Waals surface area contributed by atoms with Crippen LogP contribution in [0.4, 0.5) is 0 Å². The van der Waals surface area contributed by atoms with E-state index in [0.717, 1.165) is 5.56 Å². The minimum absolute atomic E-state index is 0.216. The van der Waals surface area contributed by atoms with Crippen molar-refractivity contribution in [2.75, 3.05) is 20.8 Å². The summed E-state index contributed by atoms with van der Waals surface area (Å²) in [5.74, 6) is 1.37. The fourth-order valence-electron chi connectivity index (χ4n) is 1.56. The molecule has 0 fully saturated rings. The molecule has 1 unspecified atom stereocenters. The summed E-state index contributed by atoms with van der Waals surface area (Å²) in [6.07, 6.45) is 0.457. The summed E-state index contributed by atoms with van der Waals surface area (Å²) in [4.78, 5) is 0. The van der Waals surface area contributed by atoms with Crippen LogP contribution in [0.25, 0.3) is 0 Å². The van der Waals surface area contributed by atoms with Crippen molar-refractivity contribution < 1.29 is 19.7 Å². The van der Waals surface area contributed by atoms with Gasteiger partial charge in [0, 0.05) is 0 Å². The van der Waals surface area contributed by atoms with Crippen LogP contribution in [0.1, 0.15) is 12.0 Å². The van der Waals surface area contributed by atoms with Gasteiger partial charge in [0.15, 0.2) is 11.5 Å². The average molecular weight is 226 g/mol. The Morgan fingerprint density at radius 1 is 1.25 bits per heavy atom. The molecule has 1 aromatic carbocycles. The fourth-order valence-corrected chi connectivity index (χ4v) is 1.56. The summed E-state index contributed by atoms with van der Waals surface area (Å²) in [5, 5.41) is 18.0. The van der Waals surface area contributed by atoms with Gasteiger partial charge in [-0.05, 0) is 24.5 Å². The van der Waals surface area contributed by atoms with E-state index in [9.17, 15) is 5.11 Å². The molecular formula is C12H18O4. The van der Waals surface area contributed by atoms with Crippen molar-refractivity contribution in [1.29, 1.82) is 0 Å². The lowest BCUT2D eigenvalue weighted by atomic mass is 10.1. The third-order valence-corrected chi connectivity index (χ3v) is 2.44. The highest BCUT2D eigenvalue weighted by Crippen LogP contribution is 2.31. The summed E-state index contributed by atoms with van der Waals surface area (Å²) in [5.41, 5.74) is 0.967. The van der Waals surface area contributed by atoms with Gasteiger partial charge in [-0.3, -0.25) is 0 Å². The van der Waals surface area contributed by atoms with Crippen LogP contribution in [0.15, 0.2) is 18.2 Å². The van der Waals surface area contributed by atoms with Gasteiger partial charge in [-0.15, -0.1) is 0 Å². The van der Waals surface area contributed by atoms with Gasteiger partial charge in [0.05, 0.1) is 26.9 Å². The Morgan fingerprint density at radius 3 is 2.56 bits per heavy atom. The minimum Gasteiger partial charge on any atom is -0.493 e. The molecule has 0 spiro atoms. The molecule has 0 aliphatic carbocycles. The number of ether oxygens (including phenoxy) is 2. The highest BCUT2D eigenvalue weighted by molar-refractivity contribution is 5.46. The summed E-state index contributed by atoms with van der Waals surface area (Å²) < 4.78 is 10.4. The number of hydrogen-bond acceptors (Lipinski definition) is 4. The van der Waals surface area contributed by atoms with Crippen LogP contribution >= 0.6 is 0 Å². The van der Waals surface area contributed by atoms with Gasteiger partial charge in [-0.2, -0.15) is 0 Å². The number of aliphatic hydroxyl groups is 2. The molecule has 2 N–H and O–H groups in total. The second-order valence-corrected chi connectivity index (χ2v) is 3.53. The van der Waals surface area contributed by atoms with Gasteiger partial charge in [0.2, 0.25) is 0 Å². The molecule has 0 radical (unpaired) electrons. The monoisotopic (exact) mass is 226 g/mol. The van der Waals surface area contributed by atoms with Crippen molar-refractivity contribution in [1.82, 2.24) is 0 Å². The van der Waals surface area contributed by atoms with Crippen molar-refractivity contribution in [3.63, 3.8) is 0 Å². The summed E-state index contributed by atoms with van der Waals surface area (Å²) in [7, 11) is 3.17. The Bertz CT molecular complexity index is 325. The zero-order chi connectivity index (χ0) is 12.0. The van der Waals surface area contributed by atoms with Gasteiger partial charge in [-0.1, -0.05) is 12.1 Å². The maximum absolute atomic E-state index is 9.29. The quantitative estimate of drug-likeness (QED) is 0.759. The average Bonchev–Trinajstić information content (AvgIpc) is 2.34. The third-order valence-electron chi connectivity index (χ3n) is 2.44. The summed E-state index contributed by atoms with van der Waals surface area (Å²) >= 11 is 0. The molecule has 16 heavy (non-hydrogen) atoms. The maximum atomic E-state index is 9.29. The first-order chi connectivity index (χ1) is 7.72. The van der Waals surface area contributed by atoms with E-state index in [1.807, 2.05) is 18.2 Å². The lowest BCUT2D eigenvalue weighted by molar-refractivity contribution is 0.0884. The second-order valence-electron chi connectivity index (χ2n) is 3.53. The van der Waals surface area contributed by atoms with E-state index < -0.39 is 6.10 Å². The van der Waals surface area contributed by atoms with Crippen molar-refractivity contribution in [3.05, 3.63) is 23.8 Å². The Balaban J connectivity index is 2.78. The second kappa shape index (κ2) is 6.35. The molecule has 0 heterocycles. The van der Waals surface area contributed by atoms with E-state index in [1.54, 1.807) is 14.2 Å². The van der Waals surface area contributed by atoms with Crippen LogP contribution < -0.4 is 9.47 Å². The molecule has 0 amide bonds. The summed E-state index contributed by atoms with van der Waals surface area (Å²) in [6.45, 7) is -0.216. The SMILES string of the molecule is COc1cccc(CCC(O)CO)c1OC. The maximum Gasteiger partial charge on any atom is 0.163 e. The molecule has 0 aliphatic heterocycles. The Morgan fingerprint density at radius 2 is 2.00 bits per heavy atom. The first kappa shape index (κ1) is 12.8. The van der Waals surface area contributed by atoms with Crippen LogP contribution in [0.3, 0.4) is 0 Å². The van der Waals surface area contributed by atoms with Gasteiger partial charge < -0.3 is 19.7 Å². The largest absolute Gasteiger partial charge is 0.493 e. The number of aryl methyl sites for hydroxylation is 1. The van der Waals surface area contributed by atoms with Crippen LogP contribution in [0, 0.1) is 0 Å². The van der Waals surface area contributed by atoms with Crippen LogP contribution in [0.2, 0.25) is 0 Å². The standard InChI is InChI=1S/C12H18O4/c1-15-11-5-3-4-9(12(11)16-2)6-7-10(14)8-13/h3-5,10,13-14H,6-8H2,1-2H3. The predicted octanol–water partition coefficient (Wildman–Crippen LogP) is 0.990. The highest BCUT2D eigenvalue weighted by Gasteiger charge is 2.10. The number of para-hydroxylation sites is 1. The van der Waals surface area contributed by atoms with E-state index in [0.29, 0.717) is 24.3 Å². The van der Waals surface area contributed by atoms with E-state index in [1.165, 1.54) is 0 Å². The minimum atomic E-state index is -0.684. The third kappa shape index (κ3) is 3.12. The van der Waals surface area contributed by atoms with Gasteiger partial charge in [0.1, 0.15) is 0 Å². The molecule has 0 saturated heterocycles. The van der Waals surface area contributed by atoms with E-state index in [4.69, 9.17) is 14.6 Å². The van der Waals surface area contributed by atoms with Crippen molar-refractivity contribution >= 4 is 0 Å². The molecular weight excluding hydrogens is 208 g/mol. The van der Waals surface area contributed by atoms with Crippen LogP contribution in [-0.2, 0) is 6.42 Å². The number of hydrogen-bond donors (Lipinski definition) is 2. The molecule has 0 aromatic heterocycles. The van der Waals surface area contributed by atoms with Gasteiger partial charge in [-0.25, -0.2) is 0 Å². The smallest absolute Gasteiger partial charge is 0.163 e. The van der Waals surface area contributed by atoms with Gasteiger partial charge in [0.25, 0.3) is 0 Å². The van der Waals surface area contributed by atoms with E-state index in [-0.39, 0.29) is 6.61 Å². The lowest BCUT2D eigenvalue weighted by Crippen LogP contribution is -2.13. The zero-order valence-corrected chi connectivity index (χ0v) is 9.64. The topological polar surface area (TPSA) is 58.9 Å². The molecule has 0 bridgehead atoms. The molecule has 90 valence electrons. The predicted molar refractivity (Wildman–Crippen MR) is 61.0 cm³/mol. The van der Waals surface area contributed by atoms with Crippen molar-refractivity contribution in [2.24, 2.45) is 0 Å². The van der Waals surface area contributed by atoms with Crippen LogP contribution in [0.5, 0.6) is 11.5 Å². The Labute approximate surface area is 95.4 Å². The highest BCUT2D eigenvalue weighted by atomic mass is 16.5. The van der Waals surface area contributed by atoms with Gasteiger partial charge >= 0.3 is 0 Å². The van der Waals surface area contributed by atoms with Crippen molar-refractivity contribution in [2.45, 2.75) is 18.9 Å².